The van der Waals surface area contributed by atoms with Crippen molar-refractivity contribution in [1.82, 2.24) is 5.32 Å². The Bertz CT molecular complexity index is 208. The smallest absolute Gasteiger partial charge is 0.239 e. The number of nitrogens with one attached hydrogen (secondary N) is 1. The van der Waals surface area contributed by atoms with Crippen LogP contribution in [0.4, 0.5) is 0 Å². The maximum Gasteiger partial charge on any atom is 0.239 e. The van der Waals surface area contributed by atoms with E-state index < -0.39 is 0 Å². The highest BCUT2D eigenvalue weighted by atomic mass is 35.5. The van der Waals surface area contributed by atoms with Crippen molar-refractivity contribution in [3.8, 4) is 0 Å². The molecule has 0 aromatic carbocycles. The van der Waals surface area contributed by atoms with Gasteiger partial charge in [-0.15, -0.1) is 11.6 Å². The zero-order valence-electron chi connectivity index (χ0n) is 6.14. The highest BCUT2D eigenvalue weighted by Crippen LogP contribution is 2.06. The summed E-state index contributed by atoms with van der Waals surface area (Å²) in [5.74, 6) is -0.130. The van der Waals surface area contributed by atoms with Crippen molar-refractivity contribution in [3.63, 3.8) is 0 Å². The minimum absolute atomic E-state index is 0.0190. The first-order valence-corrected chi connectivity index (χ1v) is 4.09. The van der Waals surface area contributed by atoms with Crippen molar-refractivity contribution < 1.29 is 4.79 Å². The molecule has 0 aromatic heterocycles. The van der Waals surface area contributed by atoms with E-state index in [9.17, 15) is 4.79 Å². The Labute approximate surface area is 70.9 Å². The molecule has 1 rings (SSSR count). The molecular weight excluding hydrogens is 162 g/mol. The van der Waals surface area contributed by atoms with Gasteiger partial charge in [0.05, 0.1) is 0 Å². The van der Waals surface area contributed by atoms with Gasteiger partial charge in [-0.25, -0.2) is 0 Å². The van der Waals surface area contributed by atoms with Crippen LogP contribution in [0.25, 0.3) is 0 Å². The van der Waals surface area contributed by atoms with Crippen molar-refractivity contribution in [2.45, 2.75) is 12.8 Å². The van der Waals surface area contributed by atoms with Crippen LogP contribution in [0.2, 0.25) is 0 Å². The van der Waals surface area contributed by atoms with Crippen LogP contribution in [0.15, 0.2) is 23.9 Å². The molecule has 11 heavy (non-hydrogen) atoms. The summed E-state index contributed by atoms with van der Waals surface area (Å²) < 4.78 is 0. The number of carbonyl (C=O) groups excluding carboxylic acids is 1. The van der Waals surface area contributed by atoms with E-state index in [2.05, 4.69) is 5.32 Å². The van der Waals surface area contributed by atoms with Crippen LogP contribution in [-0.2, 0) is 4.79 Å². The van der Waals surface area contributed by atoms with Crippen LogP contribution >= 0.6 is 11.6 Å². The second-order valence-electron chi connectivity index (χ2n) is 2.32. The summed E-state index contributed by atoms with van der Waals surface area (Å²) in [4.78, 5) is 10.8. The Morgan fingerprint density at radius 3 is 3.00 bits per heavy atom. The molecule has 2 nitrogen and oxygen atoms in total. The SMILES string of the molecule is O=C(CCl)NC1=CCCC=C1. The molecule has 0 spiro atoms. The number of halogens is 1. The van der Waals surface area contributed by atoms with Crippen molar-refractivity contribution in [2.75, 3.05) is 5.88 Å². The predicted octanol–water partition coefficient (Wildman–Crippen LogP) is 1.58. The summed E-state index contributed by atoms with van der Waals surface area (Å²) in [6.45, 7) is 0. The highest BCUT2D eigenvalue weighted by Gasteiger charge is 2.01. The first-order chi connectivity index (χ1) is 5.33. The van der Waals surface area contributed by atoms with Gasteiger partial charge in [-0.2, -0.15) is 0 Å². The Balaban J connectivity index is 2.42. The summed E-state index contributed by atoms with van der Waals surface area (Å²) in [5, 5.41) is 2.67. The minimum Gasteiger partial charge on any atom is -0.325 e. The molecule has 0 bridgehead atoms. The maximum atomic E-state index is 10.8. The lowest BCUT2D eigenvalue weighted by atomic mass is 10.1. The fourth-order valence-corrected chi connectivity index (χ4v) is 0.967. The Kier molecular flexibility index (Phi) is 3.17. The third kappa shape index (κ3) is 2.76. The molecule has 1 amide bonds. The van der Waals surface area contributed by atoms with Gasteiger partial charge in [0.1, 0.15) is 5.88 Å². The molecule has 0 fully saturated rings. The standard InChI is InChI=1S/C8H10ClNO/c9-6-8(11)10-7-4-2-1-3-5-7/h2,4-5H,1,3,6H2,(H,10,11). The Hall–Kier alpha value is -0.760. The second-order valence-corrected chi connectivity index (χ2v) is 2.59. The molecule has 0 saturated heterocycles. The minimum atomic E-state index is -0.149. The molecule has 1 aliphatic rings. The summed E-state index contributed by atoms with van der Waals surface area (Å²) in [5.41, 5.74) is 0.863. The third-order valence-electron chi connectivity index (χ3n) is 1.40. The summed E-state index contributed by atoms with van der Waals surface area (Å²) >= 11 is 5.31. The zero-order valence-corrected chi connectivity index (χ0v) is 6.90. The van der Waals surface area contributed by atoms with E-state index in [0.29, 0.717) is 0 Å². The van der Waals surface area contributed by atoms with Gasteiger partial charge in [-0.3, -0.25) is 4.79 Å². The number of hydrogen-bond donors (Lipinski definition) is 1. The van der Waals surface area contributed by atoms with E-state index in [4.69, 9.17) is 11.6 Å². The number of hydrogen-bond acceptors (Lipinski definition) is 1. The molecule has 0 radical (unpaired) electrons. The first kappa shape index (κ1) is 8.34. The average molecular weight is 172 g/mol. The predicted molar refractivity (Wildman–Crippen MR) is 45.3 cm³/mol. The largest absolute Gasteiger partial charge is 0.325 e. The summed E-state index contributed by atoms with van der Waals surface area (Å²) in [6, 6.07) is 0. The molecule has 0 atom stereocenters. The third-order valence-corrected chi connectivity index (χ3v) is 1.64. The topological polar surface area (TPSA) is 29.1 Å². The molecule has 0 aromatic rings. The second kappa shape index (κ2) is 4.19. The molecule has 0 unspecified atom stereocenters. The lowest BCUT2D eigenvalue weighted by Crippen LogP contribution is -2.23. The van der Waals surface area contributed by atoms with E-state index in [1.165, 1.54) is 0 Å². The van der Waals surface area contributed by atoms with Crippen molar-refractivity contribution in [3.05, 3.63) is 23.9 Å². The van der Waals surface area contributed by atoms with E-state index in [1.54, 1.807) is 0 Å². The van der Waals surface area contributed by atoms with Crippen LogP contribution in [0, 0.1) is 0 Å². The van der Waals surface area contributed by atoms with Gasteiger partial charge in [0.15, 0.2) is 0 Å². The van der Waals surface area contributed by atoms with Crippen LogP contribution in [0.5, 0.6) is 0 Å². The number of rotatable bonds is 2. The molecular formula is C8H10ClNO. The van der Waals surface area contributed by atoms with Gasteiger partial charge < -0.3 is 5.32 Å². The zero-order chi connectivity index (χ0) is 8.10. The summed E-state index contributed by atoms with van der Waals surface area (Å²) in [7, 11) is 0. The van der Waals surface area contributed by atoms with Gasteiger partial charge in [0.25, 0.3) is 0 Å². The Morgan fingerprint density at radius 1 is 1.64 bits per heavy atom. The number of alkyl halides is 1. The number of carbonyl (C=O) groups is 1. The molecule has 0 aliphatic heterocycles. The van der Waals surface area contributed by atoms with E-state index >= 15 is 0 Å². The lowest BCUT2D eigenvalue weighted by molar-refractivity contribution is -0.117. The van der Waals surface area contributed by atoms with Crippen molar-refractivity contribution in [2.24, 2.45) is 0 Å². The average Bonchev–Trinajstić information content (AvgIpc) is 2.06. The van der Waals surface area contributed by atoms with Crippen LogP contribution < -0.4 is 5.32 Å². The van der Waals surface area contributed by atoms with Gasteiger partial charge in [0, 0.05) is 5.70 Å². The maximum absolute atomic E-state index is 10.8. The van der Waals surface area contributed by atoms with E-state index in [-0.39, 0.29) is 11.8 Å². The fourth-order valence-electron chi connectivity index (χ4n) is 0.900. The van der Waals surface area contributed by atoms with Crippen LogP contribution in [0.3, 0.4) is 0 Å². The van der Waals surface area contributed by atoms with E-state index in [1.807, 2.05) is 18.2 Å². The quantitative estimate of drug-likeness (QED) is 0.628. The summed E-state index contributed by atoms with van der Waals surface area (Å²) in [6.07, 6.45) is 7.97. The number of allylic oxidation sites excluding steroid dienone is 3. The molecule has 1 aliphatic carbocycles. The highest BCUT2D eigenvalue weighted by molar-refractivity contribution is 6.27. The van der Waals surface area contributed by atoms with Gasteiger partial charge in [-0.1, -0.05) is 12.2 Å². The van der Waals surface area contributed by atoms with Gasteiger partial charge in [-0.05, 0) is 18.9 Å². The molecule has 3 heteroatoms. The molecule has 0 saturated carbocycles. The lowest BCUT2D eigenvalue weighted by Gasteiger charge is -2.06. The van der Waals surface area contributed by atoms with Gasteiger partial charge in [0.2, 0.25) is 5.91 Å². The molecule has 60 valence electrons. The van der Waals surface area contributed by atoms with Gasteiger partial charge >= 0.3 is 0 Å². The van der Waals surface area contributed by atoms with Crippen LogP contribution in [-0.4, -0.2) is 11.8 Å². The first-order valence-electron chi connectivity index (χ1n) is 3.55. The van der Waals surface area contributed by atoms with Crippen molar-refractivity contribution in [1.29, 1.82) is 0 Å². The fraction of sp³-hybridized carbons (Fsp3) is 0.375. The molecule has 1 N–H and O–H groups in total. The van der Waals surface area contributed by atoms with E-state index in [0.717, 1.165) is 18.5 Å². The normalized spacial score (nSPS) is 15.9. The van der Waals surface area contributed by atoms with Crippen molar-refractivity contribution >= 4 is 17.5 Å². The van der Waals surface area contributed by atoms with Crippen LogP contribution in [0.1, 0.15) is 12.8 Å². The molecule has 0 heterocycles. The monoisotopic (exact) mass is 171 g/mol. The number of amides is 1. The Morgan fingerprint density at radius 2 is 2.45 bits per heavy atom.